The number of hydrogen-bond acceptors (Lipinski definition) is 5. The lowest BCUT2D eigenvalue weighted by Crippen LogP contribution is -2.27. The molecule has 0 aliphatic carbocycles. The zero-order valence-corrected chi connectivity index (χ0v) is 7.84. The number of methoxy groups -OCH3 is 1. The molecule has 0 saturated carbocycles. The highest BCUT2D eigenvalue weighted by Crippen LogP contribution is 1.96. The first-order valence-corrected chi connectivity index (χ1v) is 3.91. The summed E-state index contributed by atoms with van der Waals surface area (Å²) < 4.78 is 5.21. The van der Waals surface area contributed by atoms with Crippen molar-refractivity contribution < 1.29 is 19.4 Å². The van der Waals surface area contributed by atoms with E-state index in [0.717, 1.165) is 17.0 Å². The number of carboxylic acid groups (broad SMARTS) is 1. The van der Waals surface area contributed by atoms with E-state index in [2.05, 4.69) is 9.72 Å². The molecule has 0 atom stereocenters. The molecule has 1 heterocycles. The van der Waals surface area contributed by atoms with E-state index in [0.29, 0.717) is 0 Å². The van der Waals surface area contributed by atoms with Crippen LogP contribution in [-0.2, 0) is 16.1 Å². The van der Waals surface area contributed by atoms with Crippen LogP contribution in [0.1, 0.15) is 10.4 Å². The molecule has 0 radical (unpaired) electrons. The Balaban J connectivity index is 3.10. The molecule has 0 bridgehead atoms. The van der Waals surface area contributed by atoms with Crippen molar-refractivity contribution in [2.24, 2.45) is 0 Å². The van der Waals surface area contributed by atoms with E-state index in [1.807, 2.05) is 0 Å². The van der Waals surface area contributed by atoms with Gasteiger partial charge in [0.05, 0.1) is 12.7 Å². The van der Waals surface area contributed by atoms with Crippen LogP contribution in [0.3, 0.4) is 0 Å². The first kappa shape index (κ1) is 10.9. The SMILES string of the molecule is COC(=O)c1cnc(=O)n(CC(=O)O)c1. The fourth-order valence-electron chi connectivity index (χ4n) is 0.938. The summed E-state index contributed by atoms with van der Waals surface area (Å²) in [6, 6.07) is 0. The number of aromatic nitrogens is 2. The largest absolute Gasteiger partial charge is 0.480 e. The number of hydrogen-bond donors (Lipinski definition) is 1. The quantitative estimate of drug-likeness (QED) is 0.653. The van der Waals surface area contributed by atoms with Crippen LogP contribution in [-0.4, -0.2) is 33.7 Å². The van der Waals surface area contributed by atoms with E-state index in [4.69, 9.17) is 5.11 Å². The smallest absolute Gasteiger partial charge is 0.348 e. The molecule has 1 aromatic rings. The number of carboxylic acids is 1. The normalized spacial score (nSPS) is 9.67. The van der Waals surface area contributed by atoms with Gasteiger partial charge < -0.3 is 9.84 Å². The van der Waals surface area contributed by atoms with Crippen LogP contribution in [0.15, 0.2) is 17.2 Å². The molecule has 1 rings (SSSR count). The molecule has 0 aromatic carbocycles. The summed E-state index contributed by atoms with van der Waals surface area (Å²) in [5, 5.41) is 8.47. The topological polar surface area (TPSA) is 98.5 Å². The third-order valence-electron chi connectivity index (χ3n) is 1.58. The van der Waals surface area contributed by atoms with E-state index in [1.165, 1.54) is 7.11 Å². The van der Waals surface area contributed by atoms with Crippen molar-refractivity contribution >= 4 is 11.9 Å². The van der Waals surface area contributed by atoms with Gasteiger partial charge in [-0.2, -0.15) is 0 Å². The van der Waals surface area contributed by atoms with Crippen LogP contribution < -0.4 is 5.69 Å². The van der Waals surface area contributed by atoms with Crippen molar-refractivity contribution in [2.75, 3.05) is 7.11 Å². The third kappa shape index (κ3) is 2.63. The maximum Gasteiger partial charge on any atom is 0.348 e. The van der Waals surface area contributed by atoms with Gasteiger partial charge in [0.2, 0.25) is 0 Å². The number of carbonyl (C=O) groups is 2. The summed E-state index contributed by atoms with van der Waals surface area (Å²) in [6.07, 6.45) is 2.13. The Morgan fingerprint density at radius 1 is 1.60 bits per heavy atom. The summed E-state index contributed by atoms with van der Waals surface area (Å²) in [6.45, 7) is -0.545. The molecule has 15 heavy (non-hydrogen) atoms. The lowest BCUT2D eigenvalue weighted by Gasteiger charge is -2.03. The van der Waals surface area contributed by atoms with E-state index in [1.54, 1.807) is 0 Å². The molecule has 0 aliphatic rings. The van der Waals surface area contributed by atoms with Gasteiger partial charge in [0.25, 0.3) is 0 Å². The van der Waals surface area contributed by atoms with Gasteiger partial charge in [-0.1, -0.05) is 0 Å². The minimum absolute atomic E-state index is 0.0263. The first-order chi connectivity index (χ1) is 7.04. The van der Waals surface area contributed by atoms with E-state index in [9.17, 15) is 14.4 Å². The molecule has 7 nitrogen and oxygen atoms in total. The summed E-state index contributed by atoms with van der Waals surface area (Å²) in [7, 11) is 1.18. The molecule has 80 valence electrons. The van der Waals surface area contributed by atoms with Gasteiger partial charge in [-0.3, -0.25) is 9.36 Å². The van der Waals surface area contributed by atoms with Crippen molar-refractivity contribution in [1.82, 2.24) is 9.55 Å². The molecule has 0 spiro atoms. The van der Waals surface area contributed by atoms with Crippen LogP contribution >= 0.6 is 0 Å². The molecule has 0 amide bonds. The Hall–Kier alpha value is -2.18. The lowest BCUT2D eigenvalue weighted by atomic mass is 10.3. The highest BCUT2D eigenvalue weighted by Gasteiger charge is 2.09. The van der Waals surface area contributed by atoms with Crippen LogP contribution in [0.2, 0.25) is 0 Å². The van der Waals surface area contributed by atoms with Crippen LogP contribution in [0.25, 0.3) is 0 Å². The zero-order valence-electron chi connectivity index (χ0n) is 7.84. The zero-order chi connectivity index (χ0) is 11.4. The second kappa shape index (κ2) is 4.36. The summed E-state index contributed by atoms with van der Waals surface area (Å²) >= 11 is 0. The Morgan fingerprint density at radius 3 is 2.80 bits per heavy atom. The van der Waals surface area contributed by atoms with Crippen molar-refractivity contribution in [1.29, 1.82) is 0 Å². The van der Waals surface area contributed by atoms with Crippen molar-refractivity contribution in [2.45, 2.75) is 6.54 Å². The summed E-state index contributed by atoms with van der Waals surface area (Å²) in [4.78, 5) is 35.8. The minimum atomic E-state index is -1.19. The van der Waals surface area contributed by atoms with Crippen LogP contribution in [0.4, 0.5) is 0 Å². The number of ether oxygens (including phenoxy) is 1. The van der Waals surface area contributed by atoms with Gasteiger partial charge in [-0.05, 0) is 0 Å². The molecular weight excluding hydrogens is 204 g/mol. The Bertz CT molecular complexity index is 451. The standard InChI is InChI=1S/C8H8N2O5/c1-15-7(13)5-2-9-8(14)10(3-5)4-6(11)12/h2-3H,4H2,1H3,(H,11,12). The Labute approximate surface area is 83.9 Å². The third-order valence-corrected chi connectivity index (χ3v) is 1.58. The number of esters is 1. The first-order valence-electron chi connectivity index (χ1n) is 3.91. The molecule has 1 aromatic heterocycles. The van der Waals surface area contributed by atoms with Gasteiger partial charge in [0, 0.05) is 12.4 Å². The van der Waals surface area contributed by atoms with Gasteiger partial charge >= 0.3 is 17.6 Å². The van der Waals surface area contributed by atoms with Gasteiger partial charge in [0.15, 0.2) is 0 Å². The molecule has 7 heteroatoms. The second-order valence-electron chi connectivity index (χ2n) is 2.64. The number of rotatable bonds is 3. The summed E-state index contributed by atoms with van der Waals surface area (Å²) in [5.74, 6) is -1.87. The van der Waals surface area contributed by atoms with Crippen molar-refractivity contribution in [3.8, 4) is 0 Å². The van der Waals surface area contributed by atoms with Crippen LogP contribution in [0.5, 0.6) is 0 Å². The highest BCUT2D eigenvalue weighted by molar-refractivity contribution is 5.88. The molecular formula is C8H8N2O5. The number of carbonyl (C=O) groups excluding carboxylic acids is 1. The van der Waals surface area contributed by atoms with Gasteiger partial charge in [-0.15, -0.1) is 0 Å². The summed E-state index contributed by atoms with van der Waals surface area (Å²) in [5.41, 5.74) is -0.705. The van der Waals surface area contributed by atoms with Gasteiger partial charge in [-0.25, -0.2) is 14.6 Å². The number of nitrogens with zero attached hydrogens (tertiary/aromatic N) is 2. The minimum Gasteiger partial charge on any atom is -0.480 e. The lowest BCUT2D eigenvalue weighted by molar-refractivity contribution is -0.137. The van der Waals surface area contributed by atoms with Crippen molar-refractivity contribution in [3.63, 3.8) is 0 Å². The molecule has 0 saturated heterocycles. The fourth-order valence-corrected chi connectivity index (χ4v) is 0.938. The molecule has 0 unspecified atom stereocenters. The molecule has 0 fully saturated rings. The molecule has 1 N–H and O–H groups in total. The van der Waals surface area contributed by atoms with E-state index >= 15 is 0 Å². The van der Waals surface area contributed by atoms with Crippen LogP contribution in [0, 0.1) is 0 Å². The highest BCUT2D eigenvalue weighted by atomic mass is 16.5. The maximum absolute atomic E-state index is 11.1. The Morgan fingerprint density at radius 2 is 2.27 bits per heavy atom. The van der Waals surface area contributed by atoms with E-state index < -0.39 is 24.2 Å². The average molecular weight is 212 g/mol. The monoisotopic (exact) mass is 212 g/mol. The van der Waals surface area contributed by atoms with Crippen molar-refractivity contribution in [3.05, 3.63) is 28.4 Å². The number of aliphatic carboxylic acids is 1. The maximum atomic E-state index is 11.1. The predicted molar refractivity (Wildman–Crippen MR) is 47.5 cm³/mol. The molecule has 0 aliphatic heterocycles. The Kier molecular flexibility index (Phi) is 3.17. The average Bonchev–Trinajstić information content (AvgIpc) is 2.19. The van der Waals surface area contributed by atoms with E-state index in [-0.39, 0.29) is 5.56 Å². The fraction of sp³-hybridized carbons (Fsp3) is 0.250. The predicted octanol–water partition coefficient (Wildman–Crippen LogP) is -0.886. The van der Waals surface area contributed by atoms with Gasteiger partial charge in [0.1, 0.15) is 6.54 Å². The second-order valence-corrected chi connectivity index (χ2v) is 2.64.